The fourth-order valence-corrected chi connectivity index (χ4v) is 2.07. The van der Waals surface area contributed by atoms with Crippen LogP contribution >= 0.6 is 0 Å². The van der Waals surface area contributed by atoms with E-state index in [2.05, 4.69) is 5.32 Å². The van der Waals surface area contributed by atoms with Crippen LogP contribution < -0.4 is 10.2 Å². The van der Waals surface area contributed by atoms with Gasteiger partial charge in [-0.05, 0) is 30.7 Å². The number of hydrogen-bond donors (Lipinski definition) is 2. The smallest absolute Gasteiger partial charge is 0.326 e. The summed E-state index contributed by atoms with van der Waals surface area (Å²) in [6.07, 6.45) is 0.499. The molecule has 2 rings (SSSR count). The molecule has 0 radical (unpaired) electrons. The Morgan fingerprint density at radius 2 is 2.15 bits per heavy atom. The van der Waals surface area contributed by atoms with Crippen LogP contribution in [-0.2, 0) is 14.3 Å². The third-order valence-corrected chi connectivity index (χ3v) is 3.21. The Morgan fingerprint density at radius 3 is 2.70 bits per heavy atom. The van der Waals surface area contributed by atoms with E-state index in [1.807, 2.05) is 6.92 Å². The van der Waals surface area contributed by atoms with Crippen molar-refractivity contribution in [3.8, 4) is 0 Å². The van der Waals surface area contributed by atoms with Gasteiger partial charge in [-0.15, -0.1) is 0 Å². The molecule has 2 N–H and O–H groups in total. The lowest BCUT2D eigenvalue weighted by molar-refractivity contribution is -0.138. The van der Waals surface area contributed by atoms with Crippen LogP contribution in [0.5, 0.6) is 0 Å². The first kappa shape index (κ1) is 14.3. The van der Waals surface area contributed by atoms with Crippen molar-refractivity contribution in [2.24, 2.45) is 0 Å². The number of carbonyl (C=O) groups is 2. The Bertz CT molecular complexity index is 486. The molecule has 1 saturated heterocycles. The number of nitrogens with zero attached hydrogens (tertiary/aromatic N) is 1. The number of nitrogens with one attached hydrogen (secondary N) is 1. The average Bonchev–Trinajstić information content (AvgIpc) is 2.46. The van der Waals surface area contributed by atoms with Crippen molar-refractivity contribution in [1.29, 1.82) is 0 Å². The molecule has 0 bridgehead atoms. The maximum atomic E-state index is 11.7. The summed E-state index contributed by atoms with van der Waals surface area (Å²) in [6, 6.07) is 6.57. The molecule has 1 unspecified atom stereocenters. The molecule has 1 amide bonds. The summed E-state index contributed by atoms with van der Waals surface area (Å²) >= 11 is 0. The first-order chi connectivity index (χ1) is 9.61. The topological polar surface area (TPSA) is 78.9 Å². The van der Waals surface area contributed by atoms with Gasteiger partial charge in [0.2, 0.25) is 0 Å². The molecule has 6 heteroatoms. The number of anilines is 2. The minimum atomic E-state index is -0.875. The van der Waals surface area contributed by atoms with Crippen LogP contribution in [0, 0.1) is 0 Å². The molecule has 1 heterocycles. The zero-order valence-corrected chi connectivity index (χ0v) is 11.3. The van der Waals surface area contributed by atoms with Gasteiger partial charge in [-0.1, -0.05) is 6.92 Å². The average molecular weight is 278 g/mol. The van der Waals surface area contributed by atoms with Crippen molar-refractivity contribution in [2.75, 3.05) is 30.0 Å². The van der Waals surface area contributed by atoms with Crippen LogP contribution in [0.3, 0.4) is 0 Å². The quantitative estimate of drug-likeness (QED) is 0.849. The van der Waals surface area contributed by atoms with Gasteiger partial charge in [0.15, 0.2) is 0 Å². The lowest BCUT2D eigenvalue weighted by Crippen LogP contribution is -2.41. The van der Waals surface area contributed by atoms with Gasteiger partial charge in [-0.2, -0.15) is 0 Å². The van der Waals surface area contributed by atoms with E-state index in [9.17, 15) is 9.59 Å². The minimum Gasteiger partial charge on any atom is -0.480 e. The molecule has 0 aliphatic carbocycles. The van der Waals surface area contributed by atoms with Gasteiger partial charge < -0.3 is 20.1 Å². The van der Waals surface area contributed by atoms with E-state index >= 15 is 0 Å². The van der Waals surface area contributed by atoms with Crippen LogP contribution in [0.2, 0.25) is 0 Å². The van der Waals surface area contributed by atoms with E-state index in [-0.39, 0.29) is 12.5 Å². The van der Waals surface area contributed by atoms with Gasteiger partial charge in [0, 0.05) is 17.9 Å². The molecule has 0 aromatic heterocycles. The number of carboxylic acids is 1. The summed E-state index contributed by atoms with van der Waals surface area (Å²) in [5.74, 6) is -0.936. The van der Waals surface area contributed by atoms with Gasteiger partial charge in [-0.25, -0.2) is 4.79 Å². The van der Waals surface area contributed by atoms with Crippen LogP contribution in [0.25, 0.3) is 0 Å². The number of rotatable bonds is 5. The Morgan fingerprint density at radius 1 is 1.45 bits per heavy atom. The molecule has 1 aliphatic rings. The zero-order chi connectivity index (χ0) is 14.5. The first-order valence-electron chi connectivity index (χ1n) is 6.59. The van der Waals surface area contributed by atoms with E-state index in [1.54, 1.807) is 29.2 Å². The van der Waals surface area contributed by atoms with E-state index in [0.717, 1.165) is 11.4 Å². The number of morpholine rings is 1. The van der Waals surface area contributed by atoms with Crippen molar-refractivity contribution in [2.45, 2.75) is 19.4 Å². The number of carbonyl (C=O) groups excluding carboxylic acids is 1. The SMILES string of the molecule is CCC(Nc1ccc(N2CCOCC2=O)cc1)C(=O)O. The molecule has 1 aliphatic heterocycles. The predicted molar refractivity (Wildman–Crippen MR) is 75.0 cm³/mol. The van der Waals surface area contributed by atoms with Crippen molar-refractivity contribution < 1.29 is 19.4 Å². The first-order valence-corrected chi connectivity index (χ1v) is 6.59. The molecule has 1 fully saturated rings. The standard InChI is InChI=1S/C14H18N2O4/c1-2-12(14(18)19)15-10-3-5-11(6-4-10)16-7-8-20-9-13(16)17/h3-6,12,15H,2,7-9H2,1H3,(H,18,19). The zero-order valence-electron chi connectivity index (χ0n) is 11.3. The summed E-state index contributed by atoms with van der Waals surface area (Å²) < 4.78 is 5.08. The molecule has 0 saturated carbocycles. The maximum Gasteiger partial charge on any atom is 0.326 e. The van der Waals surface area contributed by atoms with Gasteiger partial charge in [0.1, 0.15) is 12.6 Å². The second-order valence-electron chi connectivity index (χ2n) is 4.59. The van der Waals surface area contributed by atoms with Crippen molar-refractivity contribution >= 4 is 23.3 Å². The third-order valence-electron chi connectivity index (χ3n) is 3.21. The largest absolute Gasteiger partial charge is 0.480 e. The summed E-state index contributed by atoms with van der Waals surface area (Å²) in [6.45, 7) is 2.99. The molecule has 6 nitrogen and oxygen atoms in total. The number of ether oxygens (including phenoxy) is 1. The third kappa shape index (κ3) is 3.27. The number of amides is 1. The molecular formula is C14H18N2O4. The monoisotopic (exact) mass is 278 g/mol. The van der Waals surface area contributed by atoms with Crippen molar-refractivity contribution in [1.82, 2.24) is 0 Å². The summed E-state index contributed by atoms with van der Waals surface area (Å²) in [5, 5.41) is 11.9. The number of hydrogen-bond acceptors (Lipinski definition) is 4. The Labute approximate surface area is 117 Å². The normalized spacial score (nSPS) is 16.9. The fourth-order valence-electron chi connectivity index (χ4n) is 2.07. The highest BCUT2D eigenvalue weighted by Gasteiger charge is 2.20. The lowest BCUT2D eigenvalue weighted by atomic mass is 10.2. The molecule has 20 heavy (non-hydrogen) atoms. The summed E-state index contributed by atoms with van der Waals surface area (Å²) in [4.78, 5) is 24.3. The molecule has 1 atom stereocenters. The van der Waals surface area contributed by atoms with E-state index in [1.165, 1.54) is 0 Å². The fraction of sp³-hybridized carbons (Fsp3) is 0.429. The number of carboxylic acid groups (broad SMARTS) is 1. The van der Waals surface area contributed by atoms with Crippen LogP contribution in [0.4, 0.5) is 11.4 Å². The Balaban J connectivity index is 2.06. The van der Waals surface area contributed by atoms with Crippen LogP contribution in [-0.4, -0.2) is 42.8 Å². The minimum absolute atomic E-state index is 0.0612. The van der Waals surface area contributed by atoms with Crippen LogP contribution in [0.1, 0.15) is 13.3 Å². The maximum absolute atomic E-state index is 11.7. The summed E-state index contributed by atoms with van der Waals surface area (Å²) in [5.41, 5.74) is 1.52. The predicted octanol–water partition coefficient (Wildman–Crippen LogP) is 1.32. The highest BCUT2D eigenvalue weighted by molar-refractivity contribution is 5.95. The van der Waals surface area contributed by atoms with E-state index < -0.39 is 12.0 Å². The molecule has 0 spiro atoms. The van der Waals surface area contributed by atoms with Crippen molar-refractivity contribution in [3.63, 3.8) is 0 Å². The Hall–Kier alpha value is -2.08. The molecule has 108 valence electrons. The number of benzene rings is 1. The Kier molecular flexibility index (Phi) is 4.57. The highest BCUT2D eigenvalue weighted by atomic mass is 16.5. The number of aliphatic carboxylic acids is 1. The van der Waals surface area contributed by atoms with E-state index in [4.69, 9.17) is 9.84 Å². The van der Waals surface area contributed by atoms with E-state index in [0.29, 0.717) is 19.6 Å². The molecule has 1 aromatic carbocycles. The highest BCUT2D eigenvalue weighted by Crippen LogP contribution is 2.20. The van der Waals surface area contributed by atoms with Crippen LogP contribution in [0.15, 0.2) is 24.3 Å². The second-order valence-corrected chi connectivity index (χ2v) is 4.59. The van der Waals surface area contributed by atoms with Crippen molar-refractivity contribution in [3.05, 3.63) is 24.3 Å². The molecular weight excluding hydrogens is 260 g/mol. The van der Waals surface area contributed by atoms with Gasteiger partial charge in [0.25, 0.3) is 5.91 Å². The second kappa shape index (κ2) is 6.38. The van der Waals surface area contributed by atoms with Gasteiger partial charge in [0.05, 0.1) is 6.61 Å². The van der Waals surface area contributed by atoms with Gasteiger partial charge >= 0.3 is 5.97 Å². The summed E-state index contributed by atoms with van der Waals surface area (Å²) in [7, 11) is 0. The van der Waals surface area contributed by atoms with Gasteiger partial charge in [-0.3, -0.25) is 4.79 Å². The lowest BCUT2D eigenvalue weighted by Gasteiger charge is -2.27. The molecule has 1 aromatic rings.